The Kier molecular flexibility index (Phi) is 5.57. The zero-order chi connectivity index (χ0) is 16.1. The van der Waals surface area contributed by atoms with E-state index in [-0.39, 0.29) is 11.9 Å². The minimum atomic E-state index is -0.198. The summed E-state index contributed by atoms with van der Waals surface area (Å²) >= 11 is 2.02. The monoisotopic (exact) mass is 331 g/mol. The van der Waals surface area contributed by atoms with E-state index in [1.807, 2.05) is 36.0 Å². The molecule has 0 aliphatic carbocycles. The fourth-order valence-corrected chi connectivity index (χ4v) is 4.04. The Bertz CT molecular complexity index is 608. The van der Waals surface area contributed by atoms with Gasteiger partial charge in [0.2, 0.25) is 0 Å². The van der Waals surface area contributed by atoms with Crippen molar-refractivity contribution in [3.63, 3.8) is 0 Å². The summed E-state index contributed by atoms with van der Waals surface area (Å²) in [7, 11) is 1.67. The second-order valence-corrected chi connectivity index (χ2v) is 7.04. The van der Waals surface area contributed by atoms with Crippen LogP contribution in [0.5, 0.6) is 5.75 Å². The van der Waals surface area contributed by atoms with Crippen molar-refractivity contribution in [3.05, 3.63) is 65.5 Å². The van der Waals surface area contributed by atoms with Gasteiger partial charge in [-0.3, -0.25) is 0 Å². The van der Waals surface area contributed by atoms with Crippen LogP contribution in [0.15, 0.2) is 48.5 Å². The first-order valence-corrected chi connectivity index (χ1v) is 9.15. The van der Waals surface area contributed by atoms with Crippen molar-refractivity contribution in [1.29, 1.82) is 0 Å². The molecule has 0 spiro atoms. The molecule has 2 aromatic rings. The van der Waals surface area contributed by atoms with E-state index in [2.05, 4.69) is 17.4 Å². The van der Waals surface area contributed by atoms with Gasteiger partial charge in [0.05, 0.1) is 13.2 Å². The molecule has 1 N–H and O–H groups in total. The summed E-state index contributed by atoms with van der Waals surface area (Å²) in [4.78, 5) is 0. The Morgan fingerprint density at radius 1 is 1.00 bits per heavy atom. The third kappa shape index (κ3) is 4.27. The van der Waals surface area contributed by atoms with Gasteiger partial charge in [0.25, 0.3) is 0 Å². The van der Waals surface area contributed by atoms with Crippen molar-refractivity contribution in [2.45, 2.75) is 24.9 Å². The Morgan fingerprint density at radius 2 is 1.57 bits per heavy atom. The third-order valence-electron chi connectivity index (χ3n) is 4.28. The van der Waals surface area contributed by atoms with Gasteiger partial charge in [-0.05, 0) is 59.7 Å². The van der Waals surface area contributed by atoms with Gasteiger partial charge in [-0.15, -0.1) is 0 Å². The van der Waals surface area contributed by atoms with Crippen LogP contribution in [0.2, 0.25) is 0 Å². The summed E-state index contributed by atoms with van der Waals surface area (Å²) in [5.74, 6) is 3.06. The fraction of sp³-hybridized carbons (Fsp3) is 0.368. The van der Waals surface area contributed by atoms with Gasteiger partial charge >= 0.3 is 0 Å². The number of halogens is 1. The molecule has 0 unspecified atom stereocenters. The summed E-state index contributed by atoms with van der Waals surface area (Å²) in [6.45, 7) is 0. The lowest BCUT2D eigenvalue weighted by Gasteiger charge is -2.29. The van der Waals surface area contributed by atoms with Crippen LogP contribution in [-0.4, -0.2) is 24.7 Å². The number of nitrogens with one attached hydrogen (secondary N) is 1. The zero-order valence-electron chi connectivity index (χ0n) is 13.3. The van der Waals surface area contributed by atoms with Crippen LogP contribution < -0.4 is 10.1 Å². The van der Waals surface area contributed by atoms with Gasteiger partial charge in [-0.1, -0.05) is 24.3 Å². The van der Waals surface area contributed by atoms with Crippen molar-refractivity contribution < 1.29 is 9.13 Å². The molecule has 2 aromatic carbocycles. The highest BCUT2D eigenvalue weighted by molar-refractivity contribution is 7.99. The SMILES string of the molecule is COc1ccc([C@@H](NC2CCSCC2)c2ccc(F)cc2)cc1. The number of methoxy groups -OCH3 is 1. The molecule has 3 rings (SSSR count). The summed E-state index contributed by atoms with van der Waals surface area (Å²) in [5.41, 5.74) is 2.27. The number of thioether (sulfide) groups is 1. The van der Waals surface area contributed by atoms with E-state index in [1.165, 1.54) is 42.0 Å². The van der Waals surface area contributed by atoms with Crippen LogP contribution in [0.1, 0.15) is 30.0 Å². The average molecular weight is 331 g/mol. The zero-order valence-corrected chi connectivity index (χ0v) is 14.1. The first kappa shape index (κ1) is 16.3. The van der Waals surface area contributed by atoms with Crippen LogP contribution >= 0.6 is 11.8 Å². The molecule has 0 bridgehead atoms. The van der Waals surface area contributed by atoms with Crippen LogP contribution in [0.4, 0.5) is 4.39 Å². The molecule has 0 radical (unpaired) electrons. The molecular weight excluding hydrogens is 309 g/mol. The Morgan fingerprint density at radius 3 is 2.13 bits per heavy atom. The minimum absolute atomic E-state index is 0.0783. The molecule has 1 heterocycles. The first-order chi connectivity index (χ1) is 11.3. The average Bonchev–Trinajstić information content (AvgIpc) is 2.62. The molecule has 122 valence electrons. The second kappa shape index (κ2) is 7.84. The Balaban J connectivity index is 1.86. The number of rotatable bonds is 5. The standard InChI is InChI=1S/C19H22FNOS/c1-22-18-8-4-15(5-9-18)19(14-2-6-16(20)7-3-14)21-17-10-12-23-13-11-17/h2-9,17,19,21H,10-13H2,1H3/t19-/m0/s1. The second-order valence-electron chi connectivity index (χ2n) is 5.81. The lowest BCUT2D eigenvalue weighted by Crippen LogP contribution is -2.36. The maximum Gasteiger partial charge on any atom is 0.123 e. The first-order valence-electron chi connectivity index (χ1n) is 7.99. The molecule has 0 amide bonds. The highest BCUT2D eigenvalue weighted by Crippen LogP contribution is 2.27. The van der Waals surface area contributed by atoms with Crippen LogP contribution in [0, 0.1) is 5.82 Å². The number of hydrogen-bond donors (Lipinski definition) is 1. The molecule has 1 saturated heterocycles. The van der Waals surface area contributed by atoms with E-state index in [9.17, 15) is 4.39 Å². The van der Waals surface area contributed by atoms with Gasteiger partial charge in [-0.25, -0.2) is 4.39 Å². The van der Waals surface area contributed by atoms with Gasteiger partial charge in [0.1, 0.15) is 11.6 Å². The van der Waals surface area contributed by atoms with Crippen LogP contribution in [0.3, 0.4) is 0 Å². The Labute approximate surface area is 141 Å². The summed E-state index contributed by atoms with van der Waals surface area (Å²) in [6, 6.07) is 15.5. The molecule has 23 heavy (non-hydrogen) atoms. The molecular formula is C19H22FNOS. The highest BCUT2D eigenvalue weighted by Gasteiger charge is 2.21. The molecule has 1 fully saturated rings. The molecule has 1 aliphatic rings. The normalized spacial score (nSPS) is 17.0. The quantitative estimate of drug-likeness (QED) is 0.877. The maximum absolute atomic E-state index is 13.3. The topological polar surface area (TPSA) is 21.3 Å². The van der Waals surface area contributed by atoms with E-state index >= 15 is 0 Å². The van der Waals surface area contributed by atoms with E-state index < -0.39 is 0 Å². The molecule has 4 heteroatoms. The van der Waals surface area contributed by atoms with Crippen molar-refractivity contribution in [2.75, 3.05) is 18.6 Å². The van der Waals surface area contributed by atoms with Crippen molar-refractivity contribution in [3.8, 4) is 5.75 Å². The smallest absolute Gasteiger partial charge is 0.123 e. The van der Waals surface area contributed by atoms with Crippen molar-refractivity contribution >= 4 is 11.8 Å². The lowest BCUT2D eigenvalue weighted by atomic mass is 9.96. The summed E-state index contributed by atoms with van der Waals surface area (Å²) < 4.78 is 18.5. The lowest BCUT2D eigenvalue weighted by molar-refractivity contribution is 0.413. The Hall–Kier alpha value is -1.52. The number of hydrogen-bond acceptors (Lipinski definition) is 3. The fourth-order valence-electron chi connectivity index (χ4n) is 2.94. The van der Waals surface area contributed by atoms with E-state index in [1.54, 1.807) is 7.11 Å². The molecule has 0 aromatic heterocycles. The minimum Gasteiger partial charge on any atom is -0.497 e. The molecule has 0 saturated carbocycles. The van der Waals surface area contributed by atoms with Gasteiger partial charge in [0, 0.05) is 6.04 Å². The number of ether oxygens (including phenoxy) is 1. The van der Waals surface area contributed by atoms with E-state index in [4.69, 9.17) is 4.74 Å². The van der Waals surface area contributed by atoms with Crippen LogP contribution in [0.25, 0.3) is 0 Å². The molecule has 2 nitrogen and oxygen atoms in total. The van der Waals surface area contributed by atoms with Gasteiger partial charge < -0.3 is 10.1 Å². The summed E-state index contributed by atoms with van der Waals surface area (Å²) in [5, 5.41) is 3.77. The molecule has 1 atom stereocenters. The van der Waals surface area contributed by atoms with Crippen molar-refractivity contribution in [2.24, 2.45) is 0 Å². The van der Waals surface area contributed by atoms with Gasteiger partial charge in [-0.2, -0.15) is 11.8 Å². The van der Waals surface area contributed by atoms with Crippen LogP contribution in [-0.2, 0) is 0 Å². The number of benzene rings is 2. The highest BCUT2D eigenvalue weighted by atomic mass is 32.2. The third-order valence-corrected chi connectivity index (χ3v) is 5.32. The predicted molar refractivity (Wildman–Crippen MR) is 94.7 cm³/mol. The largest absolute Gasteiger partial charge is 0.497 e. The van der Waals surface area contributed by atoms with E-state index in [0.717, 1.165) is 11.3 Å². The van der Waals surface area contributed by atoms with E-state index in [0.29, 0.717) is 6.04 Å². The van der Waals surface area contributed by atoms with Crippen molar-refractivity contribution in [1.82, 2.24) is 5.32 Å². The predicted octanol–water partition coefficient (Wildman–Crippen LogP) is 4.41. The summed E-state index contributed by atoms with van der Waals surface area (Å²) in [6.07, 6.45) is 2.36. The van der Waals surface area contributed by atoms with Gasteiger partial charge in [0.15, 0.2) is 0 Å². The maximum atomic E-state index is 13.3. The molecule has 1 aliphatic heterocycles.